The van der Waals surface area contributed by atoms with Crippen molar-refractivity contribution < 1.29 is 34.1 Å². The van der Waals surface area contributed by atoms with Gasteiger partial charge in [-0.2, -0.15) is 0 Å². The third-order valence-electron chi connectivity index (χ3n) is 8.28. The van der Waals surface area contributed by atoms with Crippen LogP contribution in [-0.2, 0) is 25.6 Å². The van der Waals surface area contributed by atoms with Gasteiger partial charge in [0.25, 0.3) is 0 Å². The number of carbonyl (C=O) groups excluding carboxylic acids is 2. The zero-order chi connectivity index (χ0) is 29.6. The Morgan fingerprint density at radius 2 is 1.49 bits per heavy atom. The van der Waals surface area contributed by atoms with Crippen molar-refractivity contribution in [2.24, 2.45) is 23.2 Å². The molecule has 220 valence electrons. The van der Waals surface area contributed by atoms with E-state index in [1.165, 1.54) is 0 Å². The van der Waals surface area contributed by atoms with E-state index in [1.807, 2.05) is 6.07 Å². The minimum atomic E-state index is -1.39. The summed E-state index contributed by atoms with van der Waals surface area (Å²) in [5, 5.41) is 25.1. The molecule has 2 atom stereocenters. The molecule has 2 fully saturated rings. The topological polar surface area (TPSA) is 142 Å². The number of hydrogen-bond donors (Lipinski definition) is 4. The molecule has 2 aliphatic rings. The van der Waals surface area contributed by atoms with Gasteiger partial charge in [-0.1, -0.05) is 46.0 Å². The second-order valence-electron chi connectivity index (χ2n) is 11.8. The average Bonchev–Trinajstić information content (AvgIpc) is 2.95. The molecule has 0 aromatic heterocycles. The second-order valence-corrected chi connectivity index (χ2v) is 11.8. The summed E-state index contributed by atoms with van der Waals surface area (Å²) in [6.45, 7) is 4.16. The van der Waals surface area contributed by atoms with Gasteiger partial charge in [0, 0.05) is 11.4 Å². The fraction of sp³-hybridized carbons (Fsp3) is 0.500. The van der Waals surface area contributed by atoms with E-state index in [2.05, 4.69) is 24.5 Å². The molecule has 0 radical (unpaired) electrons. The van der Waals surface area contributed by atoms with E-state index in [0.29, 0.717) is 60.9 Å². The molecule has 9 nitrogen and oxygen atoms in total. The Kier molecular flexibility index (Phi) is 9.68. The number of benzene rings is 2. The maximum atomic E-state index is 13.1. The van der Waals surface area contributed by atoms with Crippen LogP contribution in [0.25, 0.3) is 0 Å². The van der Waals surface area contributed by atoms with Crippen LogP contribution in [0.3, 0.4) is 0 Å². The normalized spacial score (nSPS) is 20.2. The number of anilines is 2. The molecule has 2 amide bonds. The summed E-state index contributed by atoms with van der Waals surface area (Å²) in [6.07, 6.45) is 6.49. The van der Waals surface area contributed by atoms with Crippen LogP contribution in [-0.4, -0.2) is 34.0 Å². The molecule has 41 heavy (non-hydrogen) atoms. The number of rotatable bonds is 10. The van der Waals surface area contributed by atoms with Crippen molar-refractivity contribution in [3.63, 3.8) is 0 Å². The standard InChI is InChI=1S/C32H40N2O7/c1-20(2)18-21-19-24(14-15-27(21)34-28(35)25-8-4-5-9-26(25)29(36)37)41-23-12-10-22(11-13-23)33-30(38)32(31(39)40)16-6-3-7-17-32/h10-15,19-20,25-26H,3-9,16-18H2,1-2H3,(H,33,38)(H,34,35)(H,36,37)(H,39,40). The number of aliphatic carboxylic acids is 2. The average molecular weight is 565 g/mol. The fourth-order valence-corrected chi connectivity index (χ4v) is 6.02. The monoisotopic (exact) mass is 564 g/mol. The summed E-state index contributed by atoms with van der Waals surface area (Å²) in [5.41, 5.74) is 0.653. The number of ether oxygens (including phenoxy) is 1. The van der Waals surface area contributed by atoms with Crippen LogP contribution in [0.15, 0.2) is 42.5 Å². The lowest BCUT2D eigenvalue weighted by atomic mass is 9.73. The van der Waals surface area contributed by atoms with Crippen molar-refractivity contribution >= 4 is 35.1 Å². The highest BCUT2D eigenvalue weighted by atomic mass is 16.5. The van der Waals surface area contributed by atoms with Crippen molar-refractivity contribution in [2.75, 3.05) is 10.6 Å². The molecule has 2 unspecified atom stereocenters. The zero-order valence-corrected chi connectivity index (χ0v) is 23.8. The van der Waals surface area contributed by atoms with Gasteiger partial charge in [0.2, 0.25) is 11.8 Å². The van der Waals surface area contributed by atoms with Crippen LogP contribution in [0.4, 0.5) is 11.4 Å². The third kappa shape index (κ3) is 7.26. The van der Waals surface area contributed by atoms with E-state index in [1.54, 1.807) is 36.4 Å². The van der Waals surface area contributed by atoms with E-state index in [9.17, 15) is 29.4 Å². The summed E-state index contributed by atoms with van der Waals surface area (Å²) in [5.74, 6) is -2.54. The predicted octanol–water partition coefficient (Wildman–Crippen LogP) is 6.48. The highest BCUT2D eigenvalue weighted by Gasteiger charge is 2.46. The smallest absolute Gasteiger partial charge is 0.319 e. The van der Waals surface area contributed by atoms with Crippen LogP contribution >= 0.6 is 0 Å². The van der Waals surface area contributed by atoms with E-state index in [0.717, 1.165) is 37.7 Å². The van der Waals surface area contributed by atoms with Crippen LogP contribution < -0.4 is 15.4 Å². The molecule has 9 heteroatoms. The van der Waals surface area contributed by atoms with Crippen molar-refractivity contribution in [1.29, 1.82) is 0 Å². The number of nitrogens with one attached hydrogen (secondary N) is 2. The summed E-state index contributed by atoms with van der Waals surface area (Å²) in [6, 6.07) is 12.2. The van der Waals surface area contributed by atoms with E-state index < -0.39 is 35.1 Å². The van der Waals surface area contributed by atoms with E-state index in [-0.39, 0.29) is 5.91 Å². The minimum Gasteiger partial charge on any atom is -0.481 e. The first-order chi connectivity index (χ1) is 19.6. The van der Waals surface area contributed by atoms with Gasteiger partial charge in [0.15, 0.2) is 0 Å². The molecule has 0 bridgehead atoms. The second kappa shape index (κ2) is 13.2. The number of carboxylic acid groups (broad SMARTS) is 2. The van der Waals surface area contributed by atoms with Crippen LogP contribution in [0, 0.1) is 23.2 Å². The first-order valence-corrected chi connectivity index (χ1v) is 14.6. The van der Waals surface area contributed by atoms with Gasteiger partial charge >= 0.3 is 11.9 Å². The molecule has 2 aliphatic carbocycles. The highest BCUT2D eigenvalue weighted by molar-refractivity contribution is 6.08. The summed E-state index contributed by atoms with van der Waals surface area (Å²) >= 11 is 0. The lowest BCUT2D eigenvalue weighted by Gasteiger charge is -2.31. The molecule has 0 heterocycles. The first-order valence-electron chi connectivity index (χ1n) is 14.6. The van der Waals surface area contributed by atoms with Gasteiger partial charge in [-0.15, -0.1) is 0 Å². The SMILES string of the molecule is CC(C)Cc1cc(Oc2ccc(NC(=O)C3(C(=O)O)CCCCC3)cc2)ccc1NC(=O)C1CCCCC1C(=O)O. The van der Waals surface area contributed by atoms with Crippen LogP contribution in [0.2, 0.25) is 0 Å². The summed E-state index contributed by atoms with van der Waals surface area (Å²) < 4.78 is 6.06. The van der Waals surface area contributed by atoms with Gasteiger partial charge in [-0.3, -0.25) is 19.2 Å². The Hall–Kier alpha value is -3.88. The Morgan fingerprint density at radius 1 is 0.854 bits per heavy atom. The highest BCUT2D eigenvalue weighted by Crippen LogP contribution is 2.38. The molecular weight excluding hydrogens is 524 g/mol. The molecular formula is C32H40N2O7. The summed E-state index contributed by atoms with van der Waals surface area (Å²) in [4.78, 5) is 49.6. The molecule has 4 rings (SSSR count). The Balaban J connectivity index is 1.45. The van der Waals surface area contributed by atoms with Gasteiger partial charge in [-0.05, 0) is 86.1 Å². The lowest BCUT2D eigenvalue weighted by molar-refractivity contribution is -0.156. The van der Waals surface area contributed by atoms with Gasteiger partial charge in [-0.25, -0.2) is 0 Å². The molecule has 2 aromatic rings. The maximum absolute atomic E-state index is 13.1. The Morgan fingerprint density at radius 3 is 2.10 bits per heavy atom. The molecule has 0 saturated heterocycles. The Labute approximate surface area is 240 Å². The van der Waals surface area contributed by atoms with Crippen molar-refractivity contribution in [3.8, 4) is 11.5 Å². The van der Waals surface area contributed by atoms with E-state index >= 15 is 0 Å². The maximum Gasteiger partial charge on any atom is 0.319 e. The zero-order valence-electron chi connectivity index (χ0n) is 23.8. The van der Waals surface area contributed by atoms with Crippen molar-refractivity contribution in [2.45, 2.75) is 78.1 Å². The molecule has 0 aliphatic heterocycles. The van der Waals surface area contributed by atoms with Crippen LogP contribution in [0.5, 0.6) is 11.5 Å². The fourth-order valence-electron chi connectivity index (χ4n) is 6.02. The minimum absolute atomic E-state index is 0.258. The lowest BCUT2D eigenvalue weighted by Crippen LogP contribution is -2.44. The largest absolute Gasteiger partial charge is 0.481 e. The van der Waals surface area contributed by atoms with Gasteiger partial charge in [0.05, 0.1) is 11.8 Å². The van der Waals surface area contributed by atoms with Crippen molar-refractivity contribution in [1.82, 2.24) is 0 Å². The van der Waals surface area contributed by atoms with E-state index in [4.69, 9.17) is 4.74 Å². The molecule has 2 saturated carbocycles. The Bertz CT molecular complexity index is 1270. The molecule has 4 N–H and O–H groups in total. The first kappa shape index (κ1) is 30.1. The van der Waals surface area contributed by atoms with Crippen molar-refractivity contribution in [3.05, 3.63) is 48.0 Å². The van der Waals surface area contributed by atoms with Gasteiger partial charge < -0.3 is 25.6 Å². The van der Waals surface area contributed by atoms with Gasteiger partial charge in [0.1, 0.15) is 16.9 Å². The third-order valence-corrected chi connectivity index (χ3v) is 8.28. The number of hydrogen-bond acceptors (Lipinski definition) is 5. The summed E-state index contributed by atoms with van der Waals surface area (Å²) in [7, 11) is 0. The number of carboxylic acids is 2. The molecule has 2 aromatic carbocycles. The van der Waals surface area contributed by atoms with Crippen LogP contribution in [0.1, 0.15) is 77.2 Å². The number of carbonyl (C=O) groups is 4. The number of amides is 2. The quantitative estimate of drug-likeness (QED) is 0.242. The predicted molar refractivity (Wildman–Crippen MR) is 155 cm³/mol. The molecule has 0 spiro atoms.